The van der Waals surface area contributed by atoms with Gasteiger partial charge in [-0.25, -0.2) is 0 Å². The zero-order valence-corrected chi connectivity index (χ0v) is 13.2. The average molecular weight is 306 g/mol. The molecule has 0 spiro atoms. The Kier molecular flexibility index (Phi) is 3.58. The molecule has 1 aromatic heterocycles. The normalized spacial score (nSPS) is 15.5. The van der Waals surface area contributed by atoms with E-state index in [9.17, 15) is 5.11 Å². The zero-order chi connectivity index (χ0) is 15.8. The summed E-state index contributed by atoms with van der Waals surface area (Å²) in [5.74, 6) is 7.05. The standard InChI is InChI=1S/C20H22N2O/c21-22-19(16-8-2-1-3-9-16)12-17-10-14(13-23)11-18(20(17)22)15-6-4-5-7-15/h1-3,8-12,15,23H,4-7,13,21H2. The number of nitrogens with zero attached hydrogens (tertiary/aromatic N) is 1. The van der Waals surface area contributed by atoms with Crippen molar-refractivity contribution in [2.75, 3.05) is 5.84 Å². The van der Waals surface area contributed by atoms with Crippen molar-refractivity contribution in [3.63, 3.8) is 0 Å². The Balaban J connectivity index is 1.95. The van der Waals surface area contributed by atoms with Gasteiger partial charge in [0.25, 0.3) is 0 Å². The molecule has 23 heavy (non-hydrogen) atoms. The summed E-state index contributed by atoms with van der Waals surface area (Å²) in [4.78, 5) is 0. The number of rotatable bonds is 3. The highest BCUT2D eigenvalue weighted by Crippen LogP contribution is 2.40. The van der Waals surface area contributed by atoms with Gasteiger partial charge in [0.2, 0.25) is 0 Å². The Morgan fingerprint density at radius 1 is 1.04 bits per heavy atom. The maximum Gasteiger partial charge on any atom is 0.0732 e. The van der Waals surface area contributed by atoms with E-state index in [0.29, 0.717) is 5.92 Å². The molecule has 4 rings (SSSR count). The molecular formula is C20H22N2O. The minimum atomic E-state index is 0.0755. The summed E-state index contributed by atoms with van der Waals surface area (Å²) in [6.07, 6.45) is 5.00. The van der Waals surface area contributed by atoms with Gasteiger partial charge < -0.3 is 10.9 Å². The number of hydrogen-bond donors (Lipinski definition) is 2. The largest absolute Gasteiger partial charge is 0.392 e. The fourth-order valence-electron chi connectivity index (χ4n) is 3.94. The Labute approximate surface area is 136 Å². The van der Waals surface area contributed by atoms with Gasteiger partial charge in [0.1, 0.15) is 0 Å². The van der Waals surface area contributed by atoms with E-state index >= 15 is 0 Å². The summed E-state index contributed by atoms with van der Waals surface area (Å²) in [5, 5.41) is 10.7. The lowest BCUT2D eigenvalue weighted by molar-refractivity contribution is 0.282. The van der Waals surface area contributed by atoms with Crippen LogP contribution >= 0.6 is 0 Å². The number of hydrogen-bond acceptors (Lipinski definition) is 2. The summed E-state index contributed by atoms with van der Waals surface area (Å²) in [6.45, 7) is 0.0755. The quantitative estimate of drug-likeness (QED) is 0.713. The van der Waals surface area contributed by atoms with Gasteiger partial charge in [-0.05, 0) is 42.0 Å². The molecule has 1 saturated carbocycles. The van der Waals surface area contributed by atoms with Gasteiger partial charge in [-0.2, -0.15) is 0 Å². The second-order valence-electron chi connectivity index (χ2n) is 6.53. The lowest BCUT2D eigenvalue weighted by atomic mass is 9.94. The highest BCUT2D eigenvalue weighted by molar-refractivity contribution is 5.90. The maximum absolute atomic E-state index is 9.62. The van der Waals surface area contributed by atoms with Crippen LogP contribution < -0.4 is 5.84 Å². The third-order valence-corrected chi connectivity index (χ3v) is 5.07. The number of nitrogens with two attached hydrogens (primary N) is 1. The van der Waals surface area contributed by atoms with E-state index in [0.717, 1.165) is 27.7 Å². The monoisotopic (exact) mass is 306 g/mol. The molecular weight excluding hydrogens is 284 g/mol. The molecule has 0 radical (unpaired) electrons. The van der Waals surface area contributed by atoms with E-state index in [4.69, 9.17) is 5.84 Å². The summed E-state index contributed by atoms with van der Waals surface area (Å²) < 4.78 is 1.83. The predicted molar refractivity (Wildman–Crippen MR) is 94.7 cm³/mol. The molecule has 118 valence electrons. The summed E-state index contributed by atoms with van der Waals surface area (Å²) in [5.41, 5.74) is 5.54. The van der Waals surface area contributed by atoms with Gasteiger partial charge in [0.15, 0.2) is 0 Å². The molecule has 3 aromatic rings. The molecule has 0 bridgehead atoms. The van der Waals surface area contributed by atoms with Crippen molar-refractivity contribution in [1.82, 2.24) is 4.68 Å². The van der Waals surface area contributed by atoms with Crippen molar-refractivity contribution < 1.29 is 5.11 Å². The predicted octanol–water partition coefficient (Wildman–Crippen LogP) is 4.17. The first kappa shape index (κ1) is 14.3. The van der Waals surface area contributed by atoms with E-state index in [1.165, 1.54) is 31.2 Å². The molecule has 3 nitrogen and oxygen atoms in total. The van der Waals surface area contributed by atoms with Crippen LogP contribution in [-0.2, 0) is 6.61 Å². The topological polar surface area (TPSA) is 51.2 Å². The highest BCUT2D eigenvalue weighted by Gasteiger charge is 2.22. The van der Waals surface area contributed by atoms with Crippen molar-refractivity contribution in [1.29, 1.82) is 0 Å². The van der Waals surface area contributed by atoms with Crippen molar-refractivity contribution >= 4 is 10.9 Å². The molecule has 3 heteroatoms. The van der Waals surface area contributed by atoms with Crippen LogP contribution in [0.1, 0.15) is 42.7 Å². The fourth-order valence-corrected chi connectivity index (χ4v) is 3.94. The number of aromatic nitrogens is 1. The van der Waals surface area contributed by atoms with E-state index in [1.807, 2.05) is 22.9 Å². The molecule has 0 amide bonds. The number of aliphatic hydroxyl groups is 1. The van der Waals surface area contributed by atoms with Crippen LogP contribution in [0.4, 0.5) is 0 Å². The third kappa shape index (κ3) is 2.41. The first-order valence-electron chi connectivity index (χ1n) is 8.37. The van der Waals surface area contributed by atoms with E-state index < -0.39 is 0 Å². The summed E-state index contributed by atoms with van der Waals surface area (Å²) in [7, 11) is 0. The first-order chi connectivity index (χ1) is 11.3. The van der Waals surface area contributed by atoms with Crippen LogP contribution in [0.3, 0.4) is 0 Å². The lowest BCUT2D eigenvalue weighted by Gasteiger charge is -2.15. The highest BCUT2D eigenvalue weighted by atomic mass is 16.3. The van der Waals surface area contributed by atoms with E-state index in [1.54, 1.807) is 0 Å². The molecule has 0 atom stereocenters. The van der Waals surface area contributed by atoms with Crippen LogP contribution in [0.5, 0.6) is 0 Å². The van der Waals surface area contributed by atoms with Crippen LogP contribution in [0.25, 0.3) is 22.2 Å². The molecule has 1 aliphatic rings. The van der Waals surface area contributed by atoms with Crippen molar-refractivity contribution in [3.05, 3.63) is 59.7 Å². The van der Waals surface area contributed by atoms with Gasteiger partial charge in [0.05, 0.1) is 17.8 Å². The number of fused-ring (bicyclic) bond motifs is 1. The van der Waals surface area contributed by atoms with Gasteiger partial charge in [0, 0.05) is 10.9 Å². The molecule has 1 aliphatic carbocycles. The van der Waals surface area contributed by atoms with Crippen molar-refractivity contribution in [3.8, 4) is 11.3 Å². The Morgan fingerprint density at radius 3 is 2.48 bits per heavy atom. The lowest BCUT2D eigenvalue weighted by Crippen LogP contribution is -2.11. The van der Waals surface area contributed by atoms with E-state index in [-0.39, 0.29) is 6.61 Å². The van der Waals surface area contributed by atoms with Crippen LogP contribution in [0, 0.1) is 0 Å². The smallest absolute Gasteiger partial charge is 0.0732 e. The molecule has 1 fully saturated rings. The van der Waals surface area contributed by atoms with Gasteiger partial charge in [-0.3, -0.25) is 4.68 Å². The summed E-state index contributed by atoms with van der Waals surface area (Å²) in [6, 6.07) is 16.6. The minimum absolute atomic E-state index is 0.0755. The molecule has 0 aliphatic heterocycles. The van der Waals surface area contributed by atoms with Crippen molar-refractivity contribution in [2.45, 2.75) is 38.2 Å². The number of nitrogen functional groups attached to an aromatic ring is 1. The maximum atomic E-state index is 9.62. The first-order valence-corrected chi connectivity index (χ1v) is 8.37. The second-order valence-corrected chi connectivity index (χ2v) is 6.53. The fraction of sp³-hybridized carbons (Fsp3) is 0.300. The number of benzene rings is 2. The van der Waals surface area contributed by atoms with Gasteiger partial charge >= 0.3 is 0 Å². The van der Waals surface area contributed by atoms with Crippen molar-refractivity contribution in [2.24, 2.45) is 0 Å². The Bertz CT molecular complexity index is 830. The van der Waals surface area contributed by atoms with E-state index in [2.05, 4.69) is 30.3 Å². The third-order valence-electron chi connectivity index (χ3n) is 5.07. The molecule has 2 aromatic carbocycles. The molecule has 1 heterocycles. The summed E-state index contributed by atoms with van der Waals surface area (Å²) >= 11 is 0. The Morgan fingerprint density at radius 2 is 1.78 bits per heavy atom. The van der Waals surface area contributed by atoms with Gasteiger partial charge in [-0.1, -0.05) is 49.2 Å². The Hall–Kier alpha value is -2.26. The van der Waals surface area contributed by atoms with Crippen LogP contribution in [-0.4, -0.2) is 9.78 Å². The molecule has 3 N–H and O–H groups in total. The molecule has 0 saturated heterocycles. The van der Waals surface area contributed by atoms with Crippen LogP contribution in [0.15, 0.2) is 48.5 Å². The minimum Gasteiger partial charge on any atom is -0.392 e. The van der Waals surface area contributed by atoms with Crippen LogP contribution in [0.2, 0.25) is 0 Å². The average Bonchev–Trinajstić information content (AvgIpc) is 3.23. The molecule has 0 unspecified atom stereocenters. The zero-order valence-electron chi connectivity index (χ0n) is 13.2. The SMILES string of the molecule is Nn1c(-c2ccccc2)cc2cc(CO)cc(C3CCCC3)c21. The second kappa shape index (κ2) is 5.74. The number of aliphatic hydroxyl groups excluding tert-OH is 1. The van der Waals surface area contributed by atoms with Gasteiger partial charge in [-0.15, -0.1) is 0 Å².